The fraction of sp³-hybridized carbons (Fsp3) is 0.385. The molecule has 1 saturated heterocycles. The number of carboxylic acid groups (broad SMARTS) is 1. The molecule has 6 nitrogen and oxygen atoms in total. The van der Waals surface area contributed by atoms with Gasteiger partial charge >= 0.3 is 5.97 Å². The molecule has 1 atom stereocenters. The highest BCUT2D eigenvalue weighted by Crippen LogP contribution is 2.12. The van der Waals surface area contributed by atoms with E-state index in [1.54, 1.807) is 12.1 Å². The van der Waals surface area contributed by atoms with Gasteiger partial charge in [0.15, 0.2) is 0 Å². The van der Waals surface area contributed by atoms with E-state index >= 15 is 0 Å². The van der Waals surface area contributed by atoms with E-state index in [4.69, 9.17) is 5.11 Å². The van der Waals surface area contributed by atoms with Gasteiger partial charge in [0.05, 0.1) is 6.42 Å². The number of piperazine rings is 1. The molecule has 19 heavy (non-hydrogen) atoms. The first kappa shape index (κ1) is 13.4. The van der Waals surface area contributed by atoms with Crippen molar-refractivity contribution >= 4 is 11.9 Å². The summed E-state index contributed by atoms with van der Waals surface area (Å²) < 4.78 is 0. The Morgan fingerprint density at radius 1 is 1.32 bits per heavy atom. The van der Waals surface area contributed by atoms with Crippen LogP contribution in [0, 0.1) is 0 Å². The summed E-state index contributed by atoms with van der Waals surface area (Å²) in [5, 5.41) is 21.2. The lowest BCUT2D eigenvalue weighted by atomic mass is 10.1. The number of carboxylic acids is 1. The van der Waals surface area contributed by atoms with E-state index in [9.17, 15) is 14.7 Å². The zero-order chi connectivity index (χ0) is 13.8. The minimum Gasteiger partial charge on any atom is -0.508 e. The second-order valence-electron chi connectivity index (χ2n) is 4.49. The molecule has 1 aromatic carbocycles. The summed E-state index contributed by atoms with van der Waals surface area (Å²) in [6.45, 7) is 1.27. The molecular weight excluding hydrogens is 248 g/mol. The first-order valence-corrected chi connectivity index (χ1v) is 6.09. The highest BCUT2D eigenvalue weighted by Gasteiger charge is 2.31. The van der Waals surface area contributed by atoms with Crippen molar-refractivity contribution in [3.63, 3.8) is 0 Å². The molecule has 102 valence electrons. The third-order valence-electron chi connectivity index (χ3n) is 3.14. The Morgan fingerprint density at radius 3 is 2.63 bits per heavy atom. The minimum absolute atomic E-state index is 0.141. The van der Waals surface area contributed by atoms with Crippen LogP contribution in [-0.2, 0) is 16.0 Å². The van der Waals surface area contributed by atoms with Gasteiger partial charge in [-0.2, -0.15) is 0 Å². The molecule has 1 aliphatic rings. The lowest BCUT2D eigenvalue weighted by molar-refractivity contribution is -0.150. The standard InChI is InChI=1S/C13H16N2O4/c16-10-3-1-9(2-4-10)7-12(17)15-6-5-14-8-11(15)13(18)19/h1-4,11,14,16H,5-8H2,(H,18,19). The Hall–Kier alpha value is -2.08. The highest BCUT2D eigenvalue weighted by atomic mass is 16.4. The van der Waals surface area contributed by atoms with Crippen LogP contribution in [-0.4, -0.2) is 52.7 Å². The Kier molecular flexibility index (Phi) is 4.01. The summed E-state index contributed by atoms with van der Waals surface area (Å²) in [6, 6.07) is 5.53. The topological polar surface area (TPSA) is 89.9 Å². The Morgan fingerprint density at radius 2 is 2.00 bits per heavy atom. The van der Waals surface area contributed by atoms with Crippen molar-refractivity contribution in [2.75, 3.05) is 19.6 Å². The van der Waals surface area contributed by atoms with Crippen LogP contribution in [0.1, 0.15) is 5.56 Å². The third kappa shape index (κ3) is 3.23. The van der Waals surface area contributed by atoms with Crippen LogP contribution in [0.15, 0.2) is 24.3 Å². The predicted octanol–water partition coefficient (Wildman–Crippen LogP) is -0.180. The summed E-state index contributed by atoms with van der Waals surface area (Å²) in [4.78, 5) is 24.6. The number of phenolic OH excluding ortho intramolecular Hbond substituents is 1. The molecule has 1 aliphatic heterocycles. The lowest BCUT2D eigenvalue weighted by Gasteiger charge is -2.33. The molecule has 0 bridgehead atoms. The molecule has 3 N–H and O–H groups in total. The van der Waals surface area contributed by atoms with Gasteiger partial charge in [0.25, 0.3) is 0 Å². The Balaban J connectivity index is 2.05. The number of hydrogen-bond donors (Lipinski definition) is 3. The zero-order valence-electron chi connectivity index (χ0n) is 10.4. The molecule has 1 fully saturated rings. The molecule has 0 saturated carbocycles. The number of hydrogen-bond acceptors (Lipinski definition) is 4. The van der Waals surface area contributed by atoms with Crippen LogP contribution >= 0.6 is 0 Å². The van der Waals surface area contributed by atoms with E-state index in [1.165, 1.54) is 17.0 Å². The van der Waals surface area contributed by atoms with Crippen LogP contribution in [0.3, 0.4) is 0 Å². The Labute approximate surface area is 110 Å². The monoisotopic (exact) mass is 264 g/mol. The number of nitrogens with one attached hydrogen (secondary N) is 1. The smallest absolute Gasteiger partial charge is 0.327 e. The fourth-order valence-electron chi connectivity index (χ4n) is 2.11. The summed E-state index contributed by atoms with van der Waals surface area (Å²) in [6.07, 6.45) is 0.143. The molecule has 1 aromatic rings. The largest absolute Gasteiger partial charge is 0.508 e. The molecule has 1 heterocycles. The van der Waals surface area contributed by atoms with E-state index in [-0.39, 0.29) is 24.6 Å². The SMILES string of the molecule is O=C(O)C1CNCCN1C(=O)Cc1ccc(O)cc1. The van der Waals surface area contributed by atoms with Gasteiger partial charge in [0, 0.05) is 19.6 Å². The predicted molar refractivity (Wildman–Crippen MR) is 67.8 cm³/mol. The summed E-state index contributed by atoms with van der Waals surface area (Å²) >= 11 is 0. The fourth-order valence-corrected chi connectivity index (χ4v) is 2.11. The van der Waals surface area contributed by atoms with Crippen molar-refractivity contribution in [1.29, 1.82) is 0 Å². The zero-order valence-corrected chi connectivity index (χ0v) is 10.4. The van der Waals surface area contributed by atoms with Crippen molar-refractivity contribution in [1.82, 2.24) is 10.2 Å². The Bertz CT molecular complexity index is 472. The molecule has 1 unspecified atom stereocenters. The highest BCUT2D eigenvalue weighted by molar-refractivity contribution is 5.85. The van der Waals surface area contributed by atoms with Gasteiger partial charge in [-0.05, 0) is 17.7 Å². The lowest BCUT2D eigenvalue weighted by Crippen LogP contribution is -2.57. The van der Waals surface area contributed by atoms with Crippen LogP contribution in [0.4, 0.5) is 0 Å². The first-order valence-electron chi connectivity index (χ1n) is 6.09. The molecule has 6 heteroatoms. The van der Waals surface area contributed by atoms with Gasteiger partial charge < -0.3 is 20.4 Å². The summed E-state index contributed by atoms with van der Waals surface area (Å²) in [5.74, 6) is -1.06. The van der Waals surface area contributed by atoms with Gasteiger partial charge in [-0.1, -0.05) is 12.1 Å². The number of aromatic hydroxyl groups is 1. The molecule has 0 aliphatic carbocycles. The van der Waals surface area contributed by atoms with Crippen molar-refractivity contribution in [2.45, 2.75) is 12.5 Å². The average molecular weight is 264 g/mol. The number of carbonyl (C=O) groups excluding carboxylic acids is 1. The summed E-state index contributed by atoms with van der Waals surface area (Å²) in [7, 11) is 0. The van der Waals surface area contributed by atoms with Crippen LogP contribution < -0.4 is 5.32 Å². The van der Waals surface area contributed by atoms with Crippen molar-refractivity contribution in [3.8, 4) is 5.75 Å². The maximum atomic E-state index is 12.1. The van der Waals surface area contributed by atoms with E-state index in [0.29, 0.717) is 13.1 Å². The average Bonchev–Trinajstić information content (AvgIpc) is 2.41. The molecule has 0 radical (unpaired) electrons. The number of carbonyl (C=O) groups is 2. The van der Waals surface area contributed by atoms with Gasteiger partial charge in [-0.3, -0.25) is 4.79 Å². The second kappa shape index (κ2) is 5.71. The van der Waals surface area contributed by atoms with Crippen molar-refractivity contribution < 1.29 is 19.8 Å². The van der Waals surface area contributed by atoms with E-state index in [2.05, 4.69) is 5.32 Å². The van der Waals surface area contributed by atoms with Crippen LogP contribution in [0.5, 0.6) is 5.75 Å². The molecular formula is C13H16N2O4. The first-order chi connectivity index (χ1) is 9.08. The second-order valence-corrected chi connectivity index (χ2v) is 4.49. The van der Waals surface area contributed by atoms with E-state index in [0.717, 1.165) is 5.56 Å². The molecule has 0 aromatic heterocycles. The number of aliphatic carboxylic acids is 1. The number of benzene rings is 1. The van der Waals surface area contributed by atoms with Crippen molar-refractivity contribution in [2.24, 2.45) is 0 Å². The number of nitrogens with zero attached hydrogens (tertiary/aromatic N) is 1. The number of rotatable bonds is 3. The molecule has 1 amide bonds. The minimum atomic E-state index is -0.994. The molecule has 2 rings (SSSR count). The van der Waals surface area contributed by atoms with Crippen LogP contribution in [0.25, 0.3) is 0 Å². The van der Waals surface area contributed by atoms with E-state index < -0.39 is 12.0 Å². The third-order valence-corrected chi connectivity index (χ3v) is 3.14. The van der Waals surface area contributed by atoms with Gasteiger partial charge in [-0.15, -0.1) is 0 Å². The summed E-state index contributed by atoms with van der Waals surface area (Å²) in [5.41, 5.74) is 0.755. The normalized spacial score (nSPS) is 19.2. The quantitative estimate of drug-likeness (QED) is 0.704. The van der Waals surface area contributed by atoms with E-state index in [1.807, 2.05) is 0 Å². The van der Waals surface area contributed by atoms with Gasteiger partial charge in [0.1, 0.15) is 11.8 Å². The number of amides is 1. The van der Waals surface area contributed by atoms with Gasteiger partial charge in [0.2, 0.25) is 5.91 Å². The van der Waals surface area contributed by atoms with Crippen LogP contribution in [0.2, 0.25) is 0 Å². The maximum Gasteiger partial charge on any atom is 0.327 e. The molecule has 0 spiro atoms. The van der Waals surface area contributed by atoms with Gasteiger partial charge in [-0.25, -0.2) is 4.79 Å². The maximum absolute atomic E-state index is 12.1. The van der Waals surface area contributed by atoms with Crippen molar-refractivity contribution in [3.05, 3.63) is 29.8 Å². The number of phenols is 1.